The molecule has 12 heavy (non-hydrogen) atoms. The van der Waals surface area contributed by atoms with E-state index in [1.165, 1.54) is 0 Å². The Morgan fingerprint density at radius 2 is 1.92 bits per heavy atom. The molecule has 1 nitrogen and oxygen atoms in total. The fourth-order valence-electron chi connectivity index (χ4n) is 0.641. The third-order valence-electron chi connectivity index (χ3n) is 1.72. The SMILES string of the molecule is CC(CBr)N(C)CCC(F)(F)F. The van der Waals surface area contributed by atoms with E-state index in [0.29, 0.717) is 5.33 Å². The molecule has 0 aromatic heterocycles. The topological polar surface area (TPSA) is 3.24 Å². The molecule has 0 fully saturated rings. The fourth-order valence-corrected chi connectivity index (χ4v) is 1.14. The summed E-state index contributed by atoms with van der Waals surface area (Å²) < 4.78 is 35.2. The zero-order chi connectivity index (χ0) is 9.78. The maximum Gasteiger partial charge on any atom is 0.390 e. The third-order valence-corrected chi connectivity index (χ3v) is 2.66. The van der Waals surface area contributed by atoms with Gasteiger partial charge in [0.1, 0.15) is 0 Å². The third kappa shape index (κ3) is 5.83. The smallest absolute Gasteiger partial charge is 0.303 e. The van der Waals surface area contributed by atoms with E-state index in [9.17, 15) is 13.2 Å². The first-order valence-corrected chi connectivity index (χ1v) is 4.82. The number of rotatable bonds is 4. The highest BCUT2D eigenvalue weighted by Gasteiger charge is 2.27. The molecule has 0 aliphatic rings. The van der Waals surface area contributed by atoms with Gasteiger partial charge in [0.25, 0.3) is 0 Å². The molecule has 1 unspecified atom stereocenters. The lowest BCUT2D eigenvalue weighted by molar-refractivity contribution is -0.137. The molecule has 0 radical (unpaired) electrons. The number of halogens is 4. The number of alkyl halides is 4. The second-order valence-corrected chi connectivity index (χ2v) is 3.50. The van der Waals surface area contributed by atoms with Crippen LogP contribution in [0.5, 0.6) is 0 Å². The van der Waals surface area contributed by atoms with Gasteiger partial charge in [-0.05, 0) is 14.0 Å². The van der Waals surface area contributed by atoms with Crippen LogP contribution in [-0.2, 0) is 0 Å². The Hall–Kier alpha value is 0.230. The van der Waals surface area contributed by atoms with Crippen molar-refractivity contribution in [1.29, 1.82) is 0 Å². The molecule has 0 bridgehead atoms. The first kappa shape index (κ1) is 12.2. The summed E-state index contributed by atoms with van der Waals surface area (Å²) in [6, 6.07) is 0.146. The Balaban J connectivity index is 3.64. The summed E-state index contributed by atoms with van der Waals surface area (Å²) in [5.74, 6) is 0. The van der Waals surface area contributed by atoms with Crippen LogP contribution in [0.15, 0.2) is 0 Å². The summed E-state index contributed by atoms with van der Waals surface area (Å²) in [6.45, 7) is 1.95. The van der Waals surface area contributed by atoms with Crippen LogP contribution in [0.2, 0.25) is 0 Å². The molecule has 0 spiro atoms. The molecule has 0 aromatic rings. The Morgan fingerprint density at radius 3 is 2.25 bits per heavy atom. The first-order chi connectivity index (χ1) is 5.37. The van der Waals surface area contributed by atoms with Gasteiger partial charge in [0.05, 0.1) is 6.42 Å². The molecule has 0 heterocycles. The van der Waals surface area contributed by atoms with E-state index in [4.69, 9.17) is 0 Å². The van der Waals surface area contributed by atoms with Gasteiger partial charge in [0.2, 0.25) is 0 Å². The second-order valence-electron chi connectivity index (χ2n) is 2.85. The van der Waals surface area contributed by atoms with E-state index in [1.54, 1.807) is 11.9 Å². The summed E-state index contributed by atoms with van der Waals surface area (Å²) in [7, 11) is 1.69. The lowest BCUT2D eigenvalue weighted by Crippen LogP contribution is -2.33. The van der Waals surface area contributed by atoms with Crippen LogP contribution in [0.3, 0.4) is 0 Å². The van der Waals surface area contributed by atoms with E-state index in [1.807, 2.05) is 6.92 Å². The highest BCUT2D eigenvalue weighted by atomic mass is 79.9. The first-order valence-electron chi connectivity index (χ1n) is 3.70. The van der Waals surface area contributed by atoms with Gasteiger partial charge in [-0.3, -0.25) is 0 Å². The van der Waals surface area contributed by atoms with Crippen molar-refractivity contribution in [1.82, 2.24) is 4.90 Å². The maximum absolute atomic E-state index is 11.7. The van der Waals surface area contributed by atoms with Crippen LogP contribution in [0.1, 0.15) is 13.3 Å². The monoisotopic (exact) mass is 247 g/mol. The highest BCUT2D eigenvalue weighted by Crippen LogP contribution is 2.19. The van der Waals surface area contributed by atoms with Gasteiger partial charge in [0.15, 0.2) is 0 Å². The molecule has 74 valence electrons. The van der Waals surface area contributed by atoms with Gasteiger partial charge in [-0.15, -0.1) is 0 Å². The van der Waals surface area contributed by atoms with Crippen molar-refractivity contribution in [2.24, 2.45) is 0 Å². The van der Waals surface area contributed by atoms with Crippen molar-refractivity contribution >= 4 is 15.9 Å². The zero-order valence-corrected chi connectivity index (χ0v) is 8.74. The fraction of sp³-hybridized carbons (Fsp3) is 1.00. The van der Waals surface area contributed by atoms with Gasteiger partial charge in [-0.2, -0.15) is 13.2 Å². The van der Waals surface area contributed by atoms with E-state index in [0.717, 1.165) is 0 Å². The lowest BCUT2D eigenvalue weighted by atomic mass is 10.3. The molecule has 0 N–H and O–H groups in total. The largest absolute Gasteiger partial charge is 0.390 e. The Kier molecular flexibility index (Phi) is 5.16. The van der Waals surface area contributed by atoms with Crippen molar-refractivity contribution in [3.63, 3.8) is 0 Å². The van der Waals surface area contributed by atoms with Crippen molar-refractivity contribution in [3.05, 3.63) is 0 Å². The summed E-state index contributed by atoms with van der Waals surface area (Å²) in [4.78, 5) is 1.68. The quantitative estimate of drug-likeness (QED) is 0.691. The summed E-state index contributed by atoms with van der Waals surface area (Å²) in [5, 5.41) is 0.696. The van der Waals surface area contributed by atoms with E-state index >= 15 is 0 Å². The van der Waals surface area contributed by atoms with Crippen molar-refractivity contribution < 1.29 is 13.2 Å². The molecular weight excluding hydrogens is 235 g/mol. The van der Waals surface area contributed by atoms with Crippen molar-refractivity contribution in [2.75, 3.05) is 18.9 Å². The van der Waals surface area contributed by atoms with Gasteiger partial charge in [-0.25, -0.2) is 0 Å². The average Bonchev–Trinajstić information content (AvgIpc) is 1.97. The second kappa shape index (κ2) is 5.07. The van der Waals surface area contributed by atoms with Gasteiger partial charge in [0, 0.05) is 17.9 Å². The van der Waals surface area contributed by atoms with Gasteiger partial charge >= 0.3 is 6.18 Å². The van der Waals surface area contributed by atoms with Crippen LogP contribution in [-0.4, -0.2) is 36.0 Å². The van der Waals surface area contributed by atoms with Crippen LogP contribution >= 0.6 is 15.9 Å². The Labute approximate surface area is 79.1 Å². The van der Waals surface area contributed by atoms with Crippen LogP contribution in [0.4, 0.5) is 13.2 Å². The maximum atomic E-state index is 11.7. The molecule has 0 saturated heterocycles. The predicted molar refractivity (Wildman–Crippen MR) is 46.6 cm³/mol. The lowest BCUT2D eigenvalue weighted by Gasteiger charge is -2.23. The molecule has 0 rings (SSSR count). The van der Waals surface area contributed by atoms with Gasteiger partial charge in [-0.1, -0.05) is 15.9 Å². The molecule has 0 amide bonds. The Morgan fingerprint density at radius 1 is 1.42 bits per heavy atom. The summed E-state index contributed by atoms with van der Waals surface area (Å²) in [6.07, 6.45) is -4.78. The minimum absolute atomic E-state index is 0.0657. The molecule has 1 atom stereocenters. The molecule has 0 aliphatic carbocycles. The van der Waals surface area contributed by atoms with Crippen LogP contribution in [0.25, 0.3) is 0 Å². The minimum atomic E-state index is -4.04. The normalized spacial score (nSPS) is 15.2. The Bertz CT molecular complexity index is 126. The predicted octanol–water partition coefficient (Wildman–Crippen LogP) is 2.65. The van der Waals surface area contributed by atoms with E-state index in [-0.39, 0.29) is 12.6 Å². The summed E-state index contributed by atoms with van der Waals surface area (Å²) in [5.41, 5.74) is 0. The number of hydrogen-bond acceptors (Lipinski definition) is 1. The highest BCUT2D eigenvalue weighted by molar-refractivity contribution is 9.09. The molecule has 0 aromatic carbocycles. The van der Waals surface area contributed by atoms with Crippen LogP contribution < -0.4 is 0 Å². The van der Waals surface area contributed by atoms with E-state index < -0.39 is 12.6 Å². The van der Waals surface area contributed by atoms with E-state index in [2.05, 4.69) is 15.9 Å². The summed E-state index contributed by atoms with van der Waals surface area (Å²) >= 11 is 3.21. The number of hydrogen-bond donors (Lipinski definition) is 0. The standard InChI is InChI=1S/C7H13BrF3N/c1-6(5-8)12(2)4-3-7(9,10)11/h6H,3-5H2,1-2H3. The molecule has 5 heteroatoms. The average molecular weight is 248 g/mol. The molecular formula is C7H13BrF3N. The van der Waals surface area contributed by atoms with Gasteiger partial charge < -0.3 is 4.90 Å². The van der Waals surface area contributed by atoms with Crippen molar-refractivity contribution in [2.45, 2.75) is 25.6 Å². The number of nitrogens with zero attached hydrogens (tertiary/aromatic N) is 1. The minimum Gasteiger partial charge on any atom is -0.303 e. The van der Waals surface area contributed by atoms with Crippen molar-refractivity contribution in [3.8, 4) is 0 Å². The molecule has 0 saturated carbocycles. The van der Waals surface area contributed by atoms with Crippen LogP contribution in [0, 0.1) is 0 Å². The molecule has 0 aliphatic heterocycles. The zero-order valence-electron chi connectivity index (χ0n) is 7.16.